The van der Waals surface area contributed by atoms with E-state index < -0.39 is 6.10 Å². The van der Waals surface area contributed by atoms with Gasteiger partial charge in [0.15, 0.2) is 0 Å². The first-order valence-electron chi connectivity index (χ1n) is 5.51. The van der Waals surface area contributed by atoms with E-state index in [0.29, 0.717) is 6.61 Å². The van der Waals surface area contributed by atoms with Crippen molar-refractivity contribution in [2.24, 2.45) is 5.73 Å². The molecule has 0 bridgehead atoms. The van der Waals surface area contributed by atoms with Crippen LogP contribution >= 0.6 is 12.4 Å². The van der Waals surface area contributed by atoms with Gasteiger partial charge in [-0.05, 0) is 6.07 Å². The summed E-state index contributed by atoms with van der Waals surface area (Å²) in [6.07, 6.45) is -0.609. The lowest BCUT2D eigenvalue weighted by molar-refractivity contribution is -0.131. The molecule has 6 heteroatoms. The zero-order valence-corrected chi connectivity index (χ0v) is 10.9. The minimum Gasteiger partial charge on any atom is -0.491 e. The van der Waals surface area contributed by atoms with Crippen molar-refractivity contribution in [3.8, 4) is 5.75 Å². The Kier molecular flexibility index (Phi) is 5.40. The van der Waals surface area contributed by atoms with Crippen LogP contribution in [0.15, 0.2) is 24.3 Å². The average molecular weight is 273 g/mol. The molecular weight excluding hydrogens is 256 g/mol. The predicted octanol–water partition coefficient (Wildman–Crippen LogP) is 0.632. The van der Waals surface area contributed by atoms with Crippen LogP contribution in [0.4, 0.5) is 0 Å². The maximum absolute atomic E-state index is 11.8. The van der Waals surface area contributed by atoms with E-state index in [1.807, 2.05) is 24.3 Å². The molecule has 1 aliphatic rings. The minimum atomic E-state index is -0.609. The molecule has 2 unspecified atom stereocenters. The Balaban J connectivity index is 0.00000162. The van der Waals surface area contributed by atoms with E-state index in [4.69, 9.17) is 15.2 Å². The molecule has 0 saturated heterocycles. The molecule has 18 heavy (non-hydrogen) atoms. The average Bonchev–Trinajstić information content (AvgIpc) is 2.74. The van der Waals surface area contributed by atoms with Crippen molar-refractivity contribution >= 4 is 18.3 Å². The number of nitrogens with two attached hydrogens (primary N) is 1. The maximum atomic E-state index is 11.8. The molecule has 1 aromatic carbocycles. The number of hydrogen-bond acceptors (Lipinski definition) is 4. The van der Waals surface area contributed by atoms with Crippen molar-refractivity contribution in [1.29, 1.82) is 0 Å². The smallest absolute Gasteiger partial charge is 0.251 e. The fourth-order valence-electron chi connectivity index (χ4n) is 1.86. The summed E-state index contributed by atoms with van der Waals surface area (Å²) in [6.45, 7) is 0.615. The number of fused-ring (bicyclic) bond motifs is 1. The lowest BCUT2D eigenvalue weighted by Gasteiger charge is -2.16. The molecule has 0 aliphatic carbocycles. The molecule has 5 nitrogen and oxygen atoms in total. The molecule has 0 fully saturated rings. The van der Waals surface area contributed by atoms with Crippen LogP contribution in [0, 0.1) is 0 Å². The quantitative estimate of drug-likeness (QED) is 0.843. The number of rotatable bonds is 4. The number of benzene rings is 1. The topological polar surface area (TPSA) is 73.6 Å². The van der Waals surface area contributed by atoms with Crippen LogP contribution in [-0.2, 0) is 9.53 Å². The van der Waals surface area contributed by atoms with Crippen LogP contribution in [-0.4, -0.2) is 32.3 Å². The Morgan fingerprint density at radius 2 is 2.33 bits per heavy atom. The van der Waals surface area contributed by atoms with Crippen LogP contribution in [0.2, 0.25) is 0 Å². The molecule has 1 heterocycles. The highest BCUT2D eigenvalue weighted by Crippen LogP contribution is 2.31. The van der Waals surface area contributed by atoms with Crippen molar-refractivity contribution in [3.05, 3.63) is 29.8 Å². The van der Waals surface area contributed by atoms with Crippen LogP contribution in [0.25, 0.3) is 0 Å². The van der Waals surface area contributed by atoms with Gasteiger partial charge in [-0.3, -0.25) is 4.79 Å². The number of hydrogen-bond donors (Lipinski definition) is 2. The second-order valence-electron chi connectivity index (χ2n) is 3.87. The number of methoxy groups -OCH3 is 1. The second-order valence-corrected chi connectivity index (χ2v) is 3.87. The van der Waals surface area contributed by atoms with Gasteiger partial charge in [0.1, 0.15) is 18.5 Å². The summed E-state index contributed by atoms with van der Waals surface area (Å²) < 4.78 is 10.5. The van der Waals surface area contributed by atoms with Gasteiger partial charge in [0, 0.05) is 19.2 Å². The number of carbonyl (C=O) groups is 1. The molecule has 1 amide bonds. The molecule has 0 radical (unpaired) electrons. The van der Waals surface area contributed by atoms with Crippen molar-refractivity contribution in [3.63, 3.8) is 0 Å². The van der Waals surface area contributed by atoms with Crippen molar-refractivity contribution < 1.29 is 14.3 Å². The molecule has 0 aromatic heterocycles. The molecule has 0 spiro atoms. The summed E-state index contributed by atoms with van der Waals surface area (Å²) >= 11 is 0. The molecule has 100 valence electrons. The van der Waals surface area contributed by atoms with Crippen LogP contribution in [0.1, 0.15) is 11.6 Å². The number of halogens is 1. The Labute approximate surface area is 112 Å². The predicted molar refractivity (Wildman–Crippen MR) is 69.9 cm³/mol. The summed E-state index contributed by atoms with van der Waals surface area (Å²) in [5.41, 5.74) is 6.43. The zero-order valence-electron chi connectivity index (χ0n) is 10.1. The summed E-state index contributed by atoms with van der Waals surface area (Å²) in [6, 6.07) is 7.53. The van der Waals surface area contributed by atoms with Gasteiger partial charge >= 0.3 is 0 Å². The summed E-state index contributed by atoms with van der Waals surface area (Å²) in [5, 5.41) is 2.87. The van der Waals surface area contributed by atoms with Crippen molar-refractivity contribution in [2.45, 2.75) is 12.1 Å². The van der Waals surface area contributed by atoms with Gasteiger partial charge in [-0.2, -0.15) is 0 Å². The molecule has 1 aromatic rings. The Bertz CT molecular complexity index is 410. The third-order valence-corrected chi connectivity index (χ3v) is 2.81. The molecule has 0 saturated carbocycles. The van der Waals surface area contributed by atoms with Gasteiger partial charge in [0.25, 0.3) is 5.91 Å². The lowest BCUT2D eigenvalue weighted by Crippen LogP contribution is -2.42. The fourth-order valence-corrected chi connectivity index (χ4v) is 1.86. The fraction of sp³-hybridized carbons (Fsp3) is 0.417. The van der Waals surface area contributed by atoms with Crippen LogP contribution in [0.5, 0.6) is 5.75 Å². The molecule has 3 N–H and O–H groups in total. The van der Waals surface area contributed by atoms with Crippen LogP contribution < -0.4 is 15.8 Å². The minimum absolute atomic E-state index is 0. The maximum Gasteiger partial charge on any atom is 0.251 e. The first kappa shape index (κ1) is 14.8. The van der Waals surface area contributed by atoms with Gasteiger partial charge in [-0.15, -0.1) is 12.4 Å². The monoisotopic (exact) mass is 272 g/mol. The standard InChI is InChI=1S/C12H16N2O3.ClH/c1-16-11(6-13)12(15)14-9-7-17-10-5-3-2-4-8(9)10;/h2-5,9,11H,6-7,13H2,1H3,(H,14,15);1H. The van der Waals surface area contributed by atoms with E-state index in [0.717, 1.165) is 11.3 Å². The van der Waals surface area contributed by atoms with Crippen molar-refractivity contribution in [2.75, 3.05) is 20.3 Å². The lowest BCUT2D eigenvalue weighted by atomic mass is 10.1. The van der Waals surface area contributed by atoms with E-state index in [1.165, 1.54) is 7.11 Å². The van der Waals surface area contributed by atoms with E-state index in [-0.39, 0.29) is 30.9 Å². The SMILES string of the molecule is COC(CN)C(=O)NC1COc2ccccc21.Cl. The summed E-state index contributed by atoms with van der Waals surface area (Å²) in [7, 11) is 1.47. The number of nitrogens with one attached hydrogen (secondary N) is 1. The number of ether oxygens (including phenoxy) is 2. The molecule has 2 rings (SSSR count). The zero-order chi connectivity index (χ0) is 12.3. The number of carbonyl (C=O) groups excluding carboxylic acids is 1. The third-order valence-electron chi connectivity index (χ3n) is 2.81. The largest absolute Gasteiger partial charge is 0.491 e. The second kappa shape index (κ2) is 6.58. The van der Waals surface area contributed by atoms with Gasteiger partial charge < -0.3 is 20.5 Å². The Morgan fingerprint density at radius 1 is 1.61 bits per heavy atom. The Morgan fingerprint density at radius 3 is 3.00 bits per heavy atom. The van der Waals surface area contributed by atoms with E-state index in [2.05, 4.69) is 5.32 Å². The third kappa shape index (κ3) is 2.93. The summed E-state index contributed by atoms with van der Waals surface area (Å²) in [5.74, 6) is 0.611. The van der Waals surface area contributed by atoms with Gasteiger partial charge in [0.2, 0.25) is 0 Å². The Hall–Kier alpha value is -1.30. The van der Waals surface area contributed by atoms with E-state index in [1.54, 1.807) is 0 Å². The first-order valence-corrected chi connectivity index (χ1v) is 5.51. The van der Waals surface area contributed by atoms with Crippen LogP contribution in [0.3, 0.4) is 0 Å². The van der Waals surface area contributed by atoms with E-state index >= 15 is 0 Å². The number of para-hydroxylation sites is 1. The highest BCUT2D eigenvalue weighted by molar-refractivity contribution is 5.85. The highest BCUT2D eigenvalue weighted by Gasteiger charge is 2.27. The summed E-state index contributed by atoms with van der Waals surface area (Å²) in [4.78, 5) is 11.8. The molecule has 2 atom stereocenters. The highest BCUT2D eigenvalue weighted by atomic mass is 35.5. The molecule has 1 aliphatic heterocycles. The van der Waals surface area contributed by atoms with Gasteiger partial charge in [0.05, 0.1) is 6.04 Å². The van der Waals surface area contributed by atoms with Crippen molar-refractivity contribution in [1.82, 2.24) is 5.32 Å². The first-order chi connectivity index (χ1) is 8.26. The number of amides is 1. The molecular formula is C12H17ClN2O3. The van der Waals surface area contributed by atoms with Gasteiger partial charge in [-0.1, -0.05) is 18.2 Å². The van der Waals surface area contributed by atoms with Gasteiger partial charge in [-0.25, -0.2) is 0 Å². The van der Waals surface area contributed by atoms with E-state index in [9.17, 15) is 4.79 Å². The normalized spacial score (nSPS) is 18.2.